The van der Waals surface area contributed by atoms with Crippen LogP contribution in [0.5, 0.6) is 0 Å². The van der Waals surface area contributed by atoms with Gasteiger partial charge in [-0.25, -0.2) is 8.42 Å². The molecule has 0 amide bonds. The van der Waals surface area contributed by atoms with E-state index in [1.54, 1.807) is 6.92 Å². The first-order valence-corrected chi connectivity index (χ1v) is 7.22. The van der Waals surface area contributed by atoms with Crippen molar-refractivity contribution in [3.63, 3.8) is 0 Å². The Morgan fingerprint density at radius 2 is 2.19 bits per heavy atom. The molecule has 7 heteroatoms. The average molecular weight is 328 g/mol. The quantitative estimate of drug-likeness (QED) is 0.796. The van der Waals surface area contributed by atoms with E-state index in [4.69, 9.17) is 11.6 Å². The van der Waals surface area contributed by atoms with E-state index < -0.39 is 10.0 Å². The van der Waals surface area contributed by atoms with Gasteiger partial charge in [0.1, 0.15) is 4.90 Å². The SMILES string of the molecule is CC(Cl)CN(C)S(=O)(=O)c1cncc(Br)c1. The predicted octanol–water partition coefficient (Wildman–Crippen LogP) is 2.09. The molecule has 1 atom stereocenters. The molecule has 0 aliphatic rings. The summed E-state index contributed by atoms with van der Waals surface area (Å²) in [5.41, 5.74) is 0. The lowest BCUT2D eigenvalue weighted by atomic mass is 10.5. The van der Waals surface area contributed by atoms with Gasteiger partial charge in [-0.1, -0.05) is 0 Å². The standard InChI is InChI=1S/C9H12BrClN2O2S/c1-7(11)6-13(2)16(14,15)9-3-8(10)4-12-5-9/h3-5,7H,6H2,1-2H3. The fraction of sp³-hybridized carbons (Fsp3) is 0.444. The highest BCUT2D eigenvalue weighted by Gasteiger charge is 2.22. The maximum Gasteiger partial charge on any atom is 0.244 e. The highest BCUT2D eigenvalue weighted by molar-refractivity contribution is 9.10. The number of nitrogens with zero attached hydrogens (tertiary/aromatic N) is 2. The van der Waals surface area contributed by atoms with Crippen molar-refractivity contribution >= 4 is 37.6 Å². The summed E-state index contributed by atoms with van der Waals surface area (Å²) >= 11 is 8.95. The third-order valence-electron chi connectivity index (χ3n) is 1.90. The Bertz CT molecular complexity index is 464. The minimum atomic E-state index is -3.50. The van der Waals surface area contributed by atoms with Crippen LogP contribution >= 0.6 is 27.5 Å². The summed E-state index contributed by atoms with van der Waals surface area (Å²) in [6, 6.07) is 1.51. The van der Waals surface area contributed by atoms with Gasteiger partial charge >= 0.3 is 0 Å². The molecular weight excluding hydrogens is 316 g/mol. The third-order valence-corrected chi connectivity index (χ3v) is 4.26. The zero-order valence-electron chi connectivity index (χ0n) is 8.89. The second-order valence-corrected chi connectivity index (χ2v) is 7.11. The van der Waals surface area contributed by atoms with Crippen LogP contribution in [0.1, 0.15) is 6.92 Å². The molecule has 1 unspecified atom stereocenters. The Balaban J connectivity index is 3.02. The molecular formula is C9H12BrClN2O2S. The molecule has 16 heavy (non-hydrogen) atoms. The lowest BCUT2D eigenvalue weighted by Gasteiger charge is -2.18. The molecule has 0 spiro atoms. The minimum Gasteiger partial charge on any atom is -0.262 e. The van der Waals surface area contributed by atoms with Crippen molar-refractivity contribution in [3.05, 3.63) is 22.9 Å². The van der Waals surface area contributed by atoms with Crippen LogP contribution in [0.25, 0.3) is 0 Å². The Kier molecular flexibility index (Phi) is 4.73. The molecule has 0 saturated heterocycles. The second-order valence-electron chi connectivity index (χ2n) is 3.41. The first kappa shape index (κ1) is 13.9. The molecule has 1 aromatic heterocycles. The van der Waals surface area contributed by atoms with Gasteiger partial charge in [-0.15, -0.1) is 11.6 Å². The monoisotopic (exact) mass is 326 g/mol. The maximum atomic E-state index is 12.0. The molecule has 1 aromatic rings. The number of hydrogen-bond donors (Lipinski definition) is 0. The van der Waals surface area contributed by atoms with Gasteiger partial charge in [0.25, 0.3) is 0 Å². The van der Waals surface area contributed by atoms with Crippen molar-refractivity contribution < 1.29 is 8.42 Å². The van der Waals surface area contributed by atoms with E-state index in [1.165, 1.54) is 29.8 Å². The molecule has 0 radical (unpaired) electrons. The molecule has 0 aromatic carbocycles. The molecule has 90 valence electrons. The second kappa shape index (κ2) is 5.44. The number of halogens is 2. The first-order valence-electron chi connectivity index (χ1n) is 4.55. The summed E-state index contributed by atoms with van der Waals surface area (Å²) < 4.78 is 25.9. The van der Waals surface area contributed by atoms with Gasteiger partial charge in [0.05, 0.1) is 0 Å². The summed E-state index contributed by atoms with van der Waals surface area (Å²) in [7, 11) is -2.01. The molecule has 0 fully saturated rings. The molecule has 0 N–H and O–H groups in total. The number of sulfonamides is 1. The van der Waals surface area contributed by atoms with Crippen LogP contribution in [0.3, 0.4) is 0 Å². The zero-order valence-corrected chi connectivity index (χ0v) is 12.1. The van der Waals surface area contributed by atoms with E-state index in [2.05, 4.69) is 20.9 Å². The lowest BCUT2D eigenvalue weighted by Crippen LogP contribution is -2.31. The summed E-state index contributed by atoms with van der Waals surface area (Å²) in [5, 5.41) is -0.236. The zero-order chi connectivity index (χ0) is 12.3. The molecule has 1 heterocycles. The van der Waals surface area contributed by atoms with Gasteiger partial charge in [-0.3, -0.25) is 4.98 Å². The molecule has 0 saturated carbocycles. The third kappa shape index (κ3) is 3.41. The van der Waals surface area contributed by atoms with E-state index in [-0.39, 0.29) is 16.8 Å². The minimum absolute atomic E-state index is 0.154. The van der Waals surface area contributed by atoms with Gasteiger partial charge in [-0.05, 0) is 28.9 Å². The molecule has 0 aliphatic heterocycles. The van der Waals surface area contributed by atoms with Crippen molar-refractivity contribution in [2.75, 3.05) is 13.6 Å². The summed E-state index contributed by atoms with van der Waals surface area (Å²) in [4.78, 5) is 3.98. The van der Waals surface area contributed by atoms with Crippen molar-refractivity contribution in [3.8, 4) is 0 Å². The highest BCUT2D eigenvalue weighted by atomic mass is 79.9. The average Bonchev–Trinajstić information content (AvgIpc) is 2.16. The highest BCUT2D eigenvalue weighted by Crippen LogP contribution is 2.18. The van der Waals surface area contributed by atoms with Crippen molar-refractivity contribution in [1.29, 1.82) is 0 Å². The van der Waals surface area contributed by atoms with Crippen LogP contribution in [0, 0.1) is 0 Å². The van der Waals surface area contributed by atoms with Crippen LogP contribution in [0.4, 0.5) is 0 Å². The Hall–Kier alpha value is -0.170. The normalized spacial score (nSPS) is 14.1. The summed E-state index contributed by atoms with van der Waals surface area (Å²) in [6.07, 6.45) is 2.85. The Morgan fingerprint density at radius 3 is 2.69 bits per heavy atom. The van der Waals surface area contributed by atoms with Gasteiger partial charge in [0.15, 0.2) is 0 Å². The van der Waals surface area contributed by atoms with Gasteiger partial charge in [0.2, 0.25) is 10.0 Å². The number of aromatic nitrogens is 1. The first-order chi connectivity index (χ1) is 7.34. The van der Waals surface area contributed by atoms with Crippen LogP contribution < -0.4 is 0 Å². The van der Waals surface area contributed by atoms with Gasteiger partial charge in [0, 0.05) is 35.8 Å². The van der Waals surface area contributed by atoms with Crippen LogP contribution in [0.15, 0.2) is 27.8 Å². The van der Waals surface area contributed by atoms with E-state index in [1.807, 2.05) is 0 Å². The molecule has 1 rings (SSSR count). The van der Waals surface area contributed by atoms with Gasteiger partial charge < -0.3 is 0 Å². The lowest BCUT2D eigenvalue weighted by molar-refractivity contribution is 0.470. The summed E-state index contributed by atoms with van der Waals surface area (Å²) in [6.45, 7) is 2.00. The summed E-state index contributed by atoms with van der Waals surface area (Å²) in [5.74, 6) is 0. The van der Waals surface area contributed by atoms with Crippen molar-refractivity contribution in [1.82, 2.24) is 9.29 Å². The topological polar surface area (TPSA) is 50.3 Å². The van der Waals surface area contributed by atoms with E-state index >= 15 is 0 Å². The number of rotatable bonds is 4. The predicted molar refractivity (Wildman–Crippen MR) is 67.1 cm³/mol. The Morgan fingerprint density at radius 1 is 1.56 bits per heavy atom. The van der Waals surface area contributed by atoms with Gasteiger partial charge in [-0.2, -0.15) is 4.31 Å². The number of hydrogen-bond acceptors (Lipinski definition) is 3. The smallest absolute Gasteiger partial charge is 0.244 e. The fourth-order valence-electron chi connectivity index (χ4n) is 1.17. The van der Waals surface area contributed by atoms with E-state index in [9.17, 15) is 8.42 Å². The van der Waals surface area contributed by atoms with Crippen LogP contribution in [-0.2, 0) is 10.0 Å². The largest absolute Gasteiger partial charge is 0.262 e. The van der Waals surface area contributed by atoms with Crippen LogP contribution in [0.2, 0.25) is 0 Å². The van der Waals surface area contributed by atoms with Crippen LogP contribution in [-0.4, -0.2) is 36.7 Å². The Labute approximate surface area is 109 Å². The van der Waals surface area contributed by atoms with Crippen molar-refractivity contribution in [2.45, 2.75) is 17.2 Å². The van der Waals surface area contributed by atoms with E-state index in [0.29, 0.717) is 4.47 Å². The fourth-order valence-corrected chi connectivity index (χ4v) is 3.22. The van der Waals surface area contributed by atoms with Crippen molar-refractivity contribution in [2.24, 2.45) is 0 Å². The molecule has 4 nitrogen and oxygen atoms in total. The number of pyridine rings is 1. The number of alkyl halides is 1. The van der Waals surface area contributed by atoms with E-state index in [0.717, 1.165) is 0 Å². The maximum absolute atomic E-state index is 12.0. The molecule has 0 aliphatic carbocycles. The molecule has 0 bridgehead atoms.